The SMILES string of the molecule is Nc1nc(O)c(NC(=O)Nc2ccccc2)c(=O)[nH]1. The van der Waals surface area contributed by atoms with Crippen molar-refractivity contribution in [1.29, 1.82) is 0 Å². The van der Waals surface area contributed by atoms with Gasteiger partial charge in [0.1, 0.15) is 0 Å². The summed E-state index contributed by atoms with van der Waals surface area (Å²) in [4.78, 5) is 28.7. The monoisotopic (exact) mass is 261 g/mol. The van der Waals surface area contributed by atoms with E-state index < -0.39 is 17.5 Å². The number of urea groups is 1. The van der Waals surface area contributed by atoms with Crippen molar-refractivity contribution in [2.24, 2.45) is 0 Å². The predicted molar refractivity (Wildman–Crippen MR) is 70.0 cm³/mol. The Hall–Kier alpha value is -3.03. The topological polar surface area (TPSA) is 133 Å². The number of carbonyl (C=O) groups excluding carboxylic acids is 1. The van der Waals surface area contributed by atoms with E-state index >= 15 is 0 Å². The maximum atomic E-state index is 11.6. The highest BCUT2D eigenvalue weighted by atomic mass is 16.3. The Morgan fingerprint density at radius 3 is 2.58 bits per heavy atom. The van der Waals surface area contributed by atoms with Crippen LogP contribution >= 0.6 is 0 Å². The van der Waals surface area contributed by atoms with Crippen LogP contribution in [0.3, 0.4) is 0 Å². The van der Waals surface area contributed by atoms with Crippen molar-refractivity contribution >= 4 is 23.4 Å². The lowest BCUT2D eigenvalue weighted by atomic mass is 10.3. The number of anilines is 3. The van der Waals surface area contributed by atoms with Crippen LogP contribution in [0.4, 0.5) is 22.1 Å². The number of carbonyl (C=O) groups is 1. The average Bonchev–Trinajstić information content (AvgIpc) is 2.35. The van der Waals surface area contributed by atoms with E-state index in [1.807, 2.05) is 0 Å². The number of aromatic hydroxyl groups is 1. The molecule has 6 N–H and O–H groups in total. The highest BCUT2D eigenvalue weighted by Gasteiger charge is 2.12. The zero-order valence-electron chi connectivity index (χ0n) is 9.68. The number of aromatic nitrogens is 2. The Bertz CT molecular complexity index is 653. The number of amides is 2. The molecule has 8 heteroatoms. The Labute approximate surface area is 107 Å². The summed E-state index contributed by atoms with van der Waals surface area (Å²) in [7, 11) is 0. The van der Waals surface area contributed by atoms with Gasteiger partial charge in [0.2, 0.25) is 11.8 Å². The fourth-order valence-corrected chi connectivity index (χ4v) is 1.39. The van der Waals surface area contributed by atoms with E-state index in [1.54, 1.807) is 30.3 Å². The van der Waals surface area contributed by atoms with Gasteiger partial charge in [-0.05, 0) is 12.1 Å². The second kappa shape index (κ2) is 5.08. The number of hydrogen-bond donors (Lipinski definition) is 5. The third-order valence-corrected chi connectivity index (χ3v) is 2.19. The maximum absolute atomic E-state index is 11.6. The molecule has 0 bridgehead atoms. The highest BCUT2D eigenvalue weighted by Crippen LogP contribution is 2.15. The first-order valence-electron chi connectivity index (χ1n) is 5.28. The maximum Gasteiger partial charge on any atom is 0.323 e. The van der Waals surface area contributed by atoms with Crippen LogP contribution in [-0.2, 0) is 0 Å². The minimum atomic E-state index is -0.742. The highest BCUT2D eigenvalue weighted by molar-refractivity contribution is 6.00. The summed E-state index contributed by atoms with van der Waals surface area (Å²) in [6.45, 7) is 0. The van der Waals surface area contributed by atoms with E-state index in [9.17, 15) is 14.7 Å². The van der Waals surface area contributed by atoms with Gasteiger partial charge in [-0.25, -0.2) is 4.79 Å². The minimum absolute atomic E-state index is 0.239. The molecule has 0 saturated carbocycles. The van der Waals surface area contributed by atoms with E-state index in [0.717, 1.165) is 0 Å². The van der Waals surface area contributed by atoms with Crippen LogP contribution in [0.2, 0.25) is 0 Å². The Balaban J connectivity index is 2.14. The van der Waals surface area contributed by atoms with E-state index in [-0.39, 0.29) is 11.6 Å². The van der Waals surface area contributed by atoms with Gasteiger partial charge in [-0.2, -0.15) is 4.98 Å². The molecule has 8 nitrogen and oxygen atoms in total. The number of nitrogens with two attached hydrogens (primary N) is 1. The smallest absolute Gasteiger partial charge is 0.323 e. The summed E-state index contributed by atoms with van der Waals surface area (Å²) in [5.41, 5.74) is 4.65. The summed E-state index contributed by atoms with van der Waals surface area (Å²) in [6.07, 6.45) is 0. The summed E-state index contributed by atoms with van der Waals surface area (Å²) >= 11 is 0. The van der Waals surface area contributed by atoms with Gasteiger partial charge in [0.15, 0.2) is 5.69 Å². The Morgan fingerprint density at radius 2 is 1.95 bits per heavy atom. The molecule has 0 saturated heterocycles. The zero-order valence-corrected chi connectivity index (χ0v) is 9.68. The van der Waals surface area contributed by atoms with Crippen molar-refractivity contribution < 1.29 is 9.90 Å². The fourth-order valence-electron chi connectivity index (χ4n) is 1.39. The molecule has 0 radical (unpaired) electrons. The van der Waals surface area contributed by atoms with Crippen LogP contribution in [0, 0.1) is 0 Å². The number of nitrogens with one attached hydrogen (secondary N) is 3. The second-order valence-corrected chi connectivity index (χ2v) is 3.59. The number of benzene rings is 1. The predicted octanol–water partition coefficient (Wildman–Crippen LogP) is 0.702. The van der Waals surface area contributed by atoms with Gasteiger partial charge in [-0.1, -0.05) is 18.2 Å². The molecular formula is C11H11N5O3. The number of hydrogen-bond acceptors (Lipinski definition) is 5. The van der Waals surface area contributed by atoms with Crippen LogP contribution in [0.5, 0.6) is 5.88 Å². The Kier molecular flexibility index (Phi) is 3.33. The third-order valence-electron chi connectivity index (χ3n) is 2.19. The molecule has 2 aromatic rings. The lowest BCUT2D eigenvalue weighted by Crippen LogP contribution is -2.25. The molecule has 1 aromatic carbocycles. The largest absolute Gasteiger partial charge is 0.492 e. The molecule has 0 aliphatic carbocycles. The van der Waals surface area contributed by atoms with Gasteiger partial charge < -0.3 is 16.2 Å². The molecular weight excluding hydrogens is 250 g/mol. The van der Waals surface area contributed by atoms with Gasteiger partial charge in [0.05, 0.1) is 0 Å². The number of nitrogen functional groups attached to an aromatic ring is 1. The molecule has 0 aliphatic heterocycles. The van der Waals surface area contributed by atoms with Crippen molar-refractivity contribution in [1.82, 2.24) is 9.97 Å². The molecule has 1 aromatic heterocycles. The molecule has 0 unspecified atom stereocenters. The van der Waals surface area contributed by atoms with Crippen molar-refractivity contribution in [3.8, 4) is 5.88 Å². The lowest BCUT2D eigenvalue weighted by Gasteiger charge is -2.07. The van der Waals surface area contributed by atoms with Crippen LogP contribution in [-0.4, -0.2) is 21.1 Å². The van der Waals surface area contributed by atoms with Crippen molar-refractivity contribution in [2.45, 2.75) is 0 Å². The third kappa shape index (κ3) is 3.00. The average molecular weight is 261 g/mol. The first-order chi connectivity index (χ1) is 9.06. The summed E-state index contributed by atoms with van der Waals surface area (Å²) in [5, 5.41) is 14.1. The molecule has 2 amide bonds. The molecule has 0 aliphatic rings. The summed E-state index contributed by atoms with van der Waals surface area (Å²) in [6, 6.07) is 7.94. The Morgan fingerprint density at radius 1 is 1.26 bits per heavy atom. The lowest BCUT2D eigenvalue weighted by molar-refractivity contribution is 0.262. The number of nitrogens with zero attached hydrogens (tertiary/aromatic N) is 1. The normalized spacial score (nSPS) is 9.89. The van der Waals surface area contributed by atoms with Crippen LogP contribution in [0.15, 0.2) is 35.1 Å². The van der Waals surface area contributed by atoms with Crippen LogP contribution in [0.1, 0.15) is 0 Å². The molecule has 0 spiro atoms. The second-order valence-electron chi connectivity index (χ2n) is 3.59. The molecule has 19 heavy (non-hydrogen) atoms. The van der Waals surface area contributed by atoms with Gasteiger partial charge in [0, 0.05) is 5.69 Å². The van der Waals surface area contributed by atoms with Crippen LogP contribution < -0.4 is 21.9 Å². The number of rotatable bonds is 2. The van der Waals surface area contributed by atoms with E-state index in [1.165, 1.54) is 0 Å². The molecule has 2 rings (SSSR count). The quantitative estimate of drug-likeness (QED) is 0.542. The molecule has 98 valence electrons. The molecule has 1 heterocycles. The van der Waals surface area contributed by atoms with E-state index in [0.29, 0.717) is 5.69 Å². The van der Waals surface area contributed by atoms with E-state index in [4.69, 9.17) is 5.73 Å². The molecule has 0 fully saturated rings. The van der Waals surface area contributed by atoms with Gasteiger partial charge in [-0.15, -0.1) is 0 Å². The van der Waals surface area contributed by atoms with Crippen molar-refractivity contribution in [3.05, 3.63) is 40.7 Å². The van der Waals surface area contributed by atoms with Crippen molar-refractivity contribution in [3.63, 3.8) is 0 Å². The summed E-state index contributed by atoms with van der Waals surface area (Å²) in [5.74, 6) is -0.888. The molecule has 0 atom stereocenters. The van der Waals surface area contributed by atoms with Crippen LogP contribution in [0.25, 0.3) is 0 Å². The van der Waals surface area contributed by atoms with Gasteiger partial charge in [0.25, 0.3) is 5.56 Å². The summed E-state index contributed by atoms with van der Waals surface area (Å²) < 4.78 is 0. The fraction of sp³-hybridized carbons (Fsp3) is 0. The zero-order chi connectivity index (χ0) is 13.8. The number of aromatic amines is 1. The van der Waals surface area contributed by atoms with Crippen molar-refractivity contribution in [2.75, 3.05) is 16.4 Å². The minimum Gasteiger partial charge on any atom is -0.492 e. The standard InChI is InChI=1S/C11H11N5O3/c12-10-15-8(17)7(9(18)16-10)14-11(19)13-6-4-2-1-3-5-6/h1-5H,(H2,13,14,19)(H4,12,15,16,17,18). The first-order valence-corrected chi connectivity index (χ1v) is 5.28. The van der Waals surface area contributed by atoms with Gasteiger partial charge >= 0.3 is 6.03 Å². The number of H-pyrrole nitrogens is 1. The van der Waals surface area contributed by atoms with E-state index in [2.05, 4.69) is 20.6 Å². The number of para-hydroxylation sites is 1. The first kappa shape index (κ1) is 12.4. The van der Waals surface area contributed by atoms with Gasteiger partial charge in [-0.3, -0.25) is 15.1 Å².